The van der Waals surface area contributed by atoms with Crippen molar-refractivity contribution in [3.8, 4) is 0 Å². The van der Waals surface area contributed by atoms with Crippen molar-refractivity contribution in [3.05, 3.63) is 22.9 Å². The molecule has 1 heterocycles. The van der Waals surface area contributed by atoms with Gasteiger partial charge in [0.25, 0.3) is 5.56 Å². The molecule has 12 heavy (non-hydrogen) atoms. The Balaban J connectivity index is 3.23. The molecule has 0 unspecified atom stereocenters. The van der Waals surface area contributed by atoms with E-state index in [0.717, 1.165) is 0 Å². The summed E-state index contributed by atoms with van der Waals surface area (Å²) in [5, 5.41) is 0. The van der Waals surface area contributed by atoms with Gasteiger partial charge in [-0.25, -0.2) is 0 Å². The molecule has 0 aliphatic rings. The average molecular weight is 167 g/mol. The van der Waals surface area contributed by atoms with E-state index in [2.05, 4.69) is 4.98 Å². The Morgan fingerprint density at radius 1 is 1.50 bits per heavy atom. The van der Waals surface area contributed by atoms with Gasteiger partial charge in [0.1, 0.15) is 5.69 Å². The molecule has 66 valence electrons. The Kier molecular flexibility index (Phi) is 1.92. The van der Waals surface area contributed by atoms with E-state index in [9.17, 15) is 4.79 Å². The second-order valence-corrected chi connectivity index (χ2v) is 3.71. The summed E-state index contributed by atoms with van der Waals surface area (Å²) in [6, 6.07) is 0. The fourth-order valence-electron chi connectivity index (χ4n) is 0.794. The number of rotatable bonds is 0. The molecule has 0 spiro atoms. The molecule has 4 heteroatoms. The van der Waals surface area contributed by atoms with Gasteiger partial charge in [0.05, 0.1) is 6.33 Å². The first-order valence-electron chi connectivity index (χ1n) is 3.75. The zero-order chi connectivity index (χ0) is 9.35. The molecule has 0 saturated carbocycles. The van der Waals surface area contributed by atoms with Gasteiger partial charge in [-0.05, 0) is 20.8 Å². The normalized spacial score (nSPS) is 11.6. The lowest BCUT2D eigenvalue weighted by molar-refractivity contribution is 0.389. The van der Waals surface area contributed by atoms with Gasteiger partial charge in [-0.1, -0.05) is 0 Å². The molecule has 0 atom stereocenters. The molecule has 2 N–H and O–H groups in total. The smallest absolute Gasteiger partial charge is 0.295 e. The van der Waals surface area contributed by atoms with Crippen LogP contribution in [-0.4, -0.2) is 9.55 Å². The number of aromatic nitrogens is 2. The number of anilines is 1. The maximum Gasteiger partial charge on any atom is 0.295 e. The zero-order valence-corrected chi connectivity index (χ0v) is 7.53. The second kappa shape index (κ2) is 2.62. The fourth-order valence-corrected chi connectivity index (χ4v) is 0.794. The number of hydrogen-bond acceptors (Lipinski definition) is 3. The summed E-state index contributed by atoms with van der Waals surface area (Å²) in [5.41, 5.74) is 5.16. The van der Waals surface area contributed by atoms with E-state index in [1.165, 1.54) is 6.33 Å². The van der Waals surface area contributed by atoms with Crippen LogP contribution in [0.15, 0.2) is 17.3 Å². The molecule has 0 bridgehead atoms. The molecule has 1 aromatic heterocycles. The Labute approximate surface area is 71.0 Å². The van der Waals surface area contributed by atoms with Gasteiger partial charge in [-0.15, -0.1) is 0 Å². The Morgan fingerprint density at radius 3 is 2.50 bits per heavy atom. The molecule has 0 radical (unpaired) electrons. The van der Waals surface area contributed by atoms with Crippen LogP contribution in [0.5, 0.6) is 0 Å². The summed E-state index contributed by atoms with van der Waals surface area (Å²) < 4.78 is 1.81. The molecule has 0 aliphatic heterocycles. The monoisotopic (exact) mass is 167 g/mol. The van der Waals surface area contributed by atoms with Gasteiger partial charge in [-0.3, -0.25) is 4.79 Å². The summed E-state index contributed by atoms with van der Waals surface area (Å²) in [6.07, 6.45) is 3.11. The molecule has 0 aromatic carbocycles. The first-order valence-corrected chi connectivity index (χ1v) is 3.75. The van der Waals surface area contributed by atoms with Crippen LogP contribution < -0.4 is 11.3 Å². The van der Waals surface area contributed by atoms with Crippen molar-refractivity contribution in [2.24, 2.45) is 0 Å². The Bertz CT molecular complexity index is 335. The van der Waals surface area contributed by atoms with Gasteiger partial charge < -0.3 is 10.3 Å². The highest BCUT2D eigenvalue weighted by molar-refractivity contribution is 5.30. The molecule has 1 aromatic rings. The van der Waals surface area contributed by atoms with E-state index in [4.69, 9.17) is 5.73 Å². The van der Waals surface area contributed by atoms with Crippen molar-refractivity contribution in [2.45, 2.75) is 26.3 Å². The van der Waals surface area contributed by atoms with E-state index < -0.39 is 0 Å². The third kappa shape index (κ3) is 1.64. The van der Waals surface area contributed by atoms with Crippen LogP contribution in [0.25, 0.3) is 0 Å². The molecule has 1 rings (SSSR count). The van der Waals surface area contributed by atoms with Crippen LogP contribution in [0, 0.1) is 0 Å². The Hall–Kier alpha value is -1.32. The number of nitrogen functional groups attached to an aromatic ring is 1. The van der Waals surface area contributed by atoms with Crippen molar-refractivity contribution in [2.75, 3.05) is 5.73 Å². The topological polar surface area (TPSA) is 60.9 Å². The molecule has 4 nitrogen and oxygen atoms in total. The predicted octanol–water partition coefficient (Wildman–Crippen LogP) is 0.580. The summed E-state index contributed by atoms with van der Waals surface area (Å²) in [5.74, 6) is 0. The highest BCUT2D eigenvalue weighted by Crippen LogP contribution is 2.11. The van der Waals surface area contributed by atoms with E-state index >= 15 is 0 Å². The van der Waals surface area contributed by atoms with Crippen molar-refractivity contribution in [1.82, 2.24) is 9.55 Å². The van der Waals surface area contributed by atoms with Crippen LogP contribution in [0.2, 0.25) is 0 Å². The van der Waals surface area contributed by atoms with Crippen molar-refractivity contribution in [1.29, 1.82) is 0 Å². The number of nitrogens with two attached hydrogens (primary N) is 1. The number of hydrogen-bond donors (Lipinski definition) is 1. The maximum absolute atomic E-state index is 10.8. The van der Waals surface area contributed by atoms with E-state index in [-0.39, 0.29) is 16.8 Å². The Morgan fingerprint density at radius 2 is 2.08 bits per heavy atom. The SMILES string of the molecule is CC(C)(C)n1cnc(=O)c(N)c1. The van der Waals surface area contributed by atoms with Crippen molar-refractivity contribution < 1.29 is 0 Å². The van der Waals surface area contributed by atoms with Gasteiger partial charge >= 0.3 is 0 Å². The summed E-state index contributed by atoms with van der Waals surface area (Å²) >= 11 is 0. The standard InChI is InChI=1S/C8H13N3O/c1-8(2,3)11-4-6(9)7(12)10-5-11/h4-5H,9H2,1-3H3. The summed E-state index contributed by atoms with van der Waals surface area (Å²) in [6.45, 7) is 6.04. The van der Waals surface area contributed by atoms with E-state index in [1.807, 2.05) is 25.3 Å². The molecular weight excluding hydrogens is 154 g/mol. The second-order valence-electron chi connectivity index (χ2n) is 3.71. The summed E-state index contributed by atoms with van der Waals surface area (Å²) in [4.78, 5) is 14.5. The van der Waals surface area contributed by atoms with Crippen LogP contribution in [0.3, 0.4) is 0 Å². The van der Waals surface area contributed by atoms with Crippen molar-refractivity contribution in [3.63, 3.8) is 0 Å². The van der Waals surface area contributed by atoms with Gasteiger partial charge in [-0.2, -0.15) is 4.98 Å². The van der Waals surface area contributed by atoms with Crippen LogP contribution in [0.4, 0.5) is 5.69 Å². The lowest BCUT2D eigenvalue weighted by Gasteiger charge is -2.22. The van der Waals surface area contributed by atoms with E-state index in [0.29, 0.717) is 0 Å². The minimum absolute atomic E-state index is 0.0885. The number of nitrogens with zero attached hydrogens (tertiary/aromatic N) is 2. The lowest BCUT2D eigenvalue weighted by Crippen LogP contribution is -2.25. The zero-order valence-electron chi connectivity index (χ0n) is 7.53. The molecule has 0 aliphatic carbocycles. The van der Waals surface area contributed by atoms with Crippen LogP contribution in [0.1, 0.15) is 20.8 Å². The minimum Gasteiger partial charge on any atom is -0.393 e. The third-order valence-corrected chi connectivity index (χ3v) is 1.60. The largest absolute Gasteiger partial charge is 0.393 e. The first-order chi connectivity index (χ1) is 5.41. The average Bonchev–Trinajstić information content (AvgIpc) is 1.92. The highest BCUT2D eigenvalue weighted by atomic mass is 16.1. The van der Waals surface area contributed by atoms with Crippen LogP contribution in [-0.2, 0) is 5.54 Å². The van der Waals surface area contributed by atoms with Gasteiger partial charge in [0, 0.05) is 11.7 Å². The minimum atomic E-state index is -0.365. The van der Waals surface area contributed by atoms with Gasteiger partial charge in [0.15, 0.2) is 0 Å². The highest BCUT2D eigenvalue weighted by Gasteiger charge is 2.11. The predicted molar refractivity (Wildman–Crippen MR) is 47.9 cm³/mol. The molecule has 0 fully saturated rings. The maximum atomic E-state index is 10.8. The molecular formula is C8H13N3O. The van der Waals surface area contributed by atoms with Gasteiger partial charge in [0.2, 0.25) is 0 Å². The third-order valence-electron chi connectivity index (χ3n) is 1.60. The van der Waals surface area contributed by atoms with Crippen LogP contribution >= 0.6 is 0 Å². The quantitative estimate of drug-likeness (QED) is 0.614. The first kappa shape index (κ1) is 8.77. The molecule has 0 amide bonds. The fraction of sp³-hybridized carbons (Fsp3) is 0.500. The van der Waals surface area contributed by atoms with E-state index in [1.54, 1.807) is 6.20 Å². The summed E-state index contributed by atoms with van der Waals surface area (Å²) in [7, 11) is 0. The lowest BCUT2D eigenvalue weighted by atomic mass is 10.1. The molecule has 0 saturated heterocycles. The van der Waals surface area contributed by atoms with Crippen molar-refractivity contribution >= 4 is 5.69 Å².